The van der Waals surface area contributed by atoms with Gasteiger partial charge in [0.15, 0.2) is 11.8 Å². The molecule has 0 aliphatic carbocycles. The minimum Gasteiger partial charge on any atom is -0.357 e. The van der Waals surface area contributed by atoms with Crippen molar-refractivity contribution in [2.75, 3.05) is 6.54 Å². The van der Waals surface area contributed by atoms with Gasteiger partial charge in [-0.25, -0.2) is 9.38 Å². The van der Waals surface area contributed by atoms with Gasteiger partial charge in [-0.2, -0.15) is 0 Å². The molecule has 0 aliphatic rings. The van der Waals surface area contributed by atoms with Crippen molar-refractivity contribution in [1.82, 2.24) is 25.4 Å². The first kappa shape index (κ1) is 19.3. The van der Waals surface area contributed by atoms with E-state index in [4.69, 9.17) is 0 Å². The fourth-order valence-electron chi connectivity index (χ4n) is 1.87. The average molecular weight is 432 g/mol. The first-order valence-corrected chi connectivity index (χ1v) is 7.21. The maximum absolute atomic E-state index is 12.9. The molecule has 0 spiro atoms. The fourth-order valence-corrected chi connectivity index (χ4v) is 1.87. The summed E-state index contributed by atoms with van der Waals surface area (Å²) in [7, 11) is 1.93. The Morgan fingerprint density at radius 1 is 1.22 bits per heavy atom. The molecule has 1 aromatic heterocycles. The molecule has 0 aliphatic heterocycles. The third kappa shape index (κ3) is 5.77. The molecule has 0 bridgehead atoms. The van der Waals surface area contributed by atoms with Crippen LogP contribution >= 0.6 is 24.0 Å². The van der Waals surface area contributed by atoms with Crippen LogP contribution in [0.5, 0.6) is 0 Å². The van der Waals surface area contributed by atoms with Gasteiger partial charge >= 0.3 is 0 Å². The molecule has 0 fully saturated rings. The van der Waals surface area contributed by atoms with Crippen molar-refractivity contribution >= 4 is 29.9 Å². The predicted molar refractivity (Wildman–Crippen MR) is 99.2 cm³/mol. The molecule has 0 radical (unpaired) electrons. The molecule has 0 unspecified atom stereocenters. The fraction of sp³-hybridized carbons (Fsp3) is 0.400. The molecule has 23 heavy (non-hydrogen) atoms. The van der Waals surface area contributed by atoms with E-state index in [1.807, 2.05) is 25.5 Å². The second-order valence-corrected chi connectivity index (χ2v) is 4.90. The third-order valence-corrected chi connectivity index (χ3v) is 3.27. The first-order chi connectivity index (χ1) is 10.6. The van der Waals surface area contributed by atoms with Crippen LogP contribution in [0.3, 0.4) is 0 Å². The molecule has 8 heteroatoms. The summed E-state index contributed by atoms with van der Waals surface area (Å²) >= 11 is 0. The molecule has 0 amide bonds. The summed E-state index contributed by atoms with van der Waals surface area (Å²) < 4.78 is 14.8. The highest BCUT2D eigenvalue weighted by atomic mass is 127. The Labute approximate surface area is 152 Å². The number of benzene rings is 1. The van der Waals surface area contributed by atoms with E-state index in [0.29, 0.717) is 19.0 Å². The van der Waals surface area contributed by atoms with Gasteiger partial charge in [0.1, 0.15) is 11.6 Å². The number of hydrogen-bond donors (Lipinski definition) is 2. The van der Waals surface area contributed by atoms with E-state index in [9.17, 15) is 4.39 Å². The van der Waals surface area contributed by atoms with E-state index in [1.165, 1.54) is 12.1 Å². The van der Waals surface area contributed by atoms with E-state index in [0.717, 1.165) is 23.8 Å². The van der Waals surface area contributed by atoms with E-state index in [2.05, 4.69) is 25.8 Å². The summed E-state index contributed by atoms with van der Waals surface area (Å²) in [5.74, 6) is 2.15. The highest BCUT2D eigenvalue weighted by molar-refractivity contribution is 14.0. The quantitative estimate of drug-likeness (QED) is 0.432. The van der Waals surface area contributed by atoms with Gasteiger partial charge in [0, 0.05) is 13.6 Å². The lowest BCUT2D eigenvalue weighted by molar-refractivity contribution is 0.627. The topological polar surface area (TPSA) is 67.1 Å². The molecule has 2 N–H and O–H groups in total. The maximum atomic E-state index is 12.9. The Morgan fingerprint density at radius 3 is 2.48 bits per heavy atom. The second kappa shape index (κ2) is 9.43. The minimum atomic E-state index is -0.240. The number of aliphatic imine (C=N–C) groups is 1. The first-order valence-electron chi connectivity index (χ1n) is 7.21. The molecule has 1 aromatic carbocycles. The van der Waals surface area contributed by atoms with Crippen LogP contribution in [0.25, 0.3) is 0 Å². The highest BCUT2D eigenvalue weighted by Gasteiger charge is 2.05. The minimum absolute atomic E-state index is 0. The predicted octanol–water partition coefficient (Wildman–Crippen LogP) is 2.14. The summed E-state index contributed by atoms with van der Waals surface area (Å²) in [5.41, 5.74) is 0.952. The van der Waals surface area contributed by atoms with E-state index < -0.39 is 0 Å². The van der Waals surface area contributed by atoms with Crippen molar-refractivity contribution in [2.24, 2.45) is 12.0 Å². The van der Waals surface area contributed by atoms with E-state index in [-0.39, 0.29) is 29.8 Å². The highest BCUT2D eigenvalue weighted by Crippen LogP contribution is 2.04. The number of guanidine groups is 1. The molecular weight excluding hydrogens is 410 g/mol. The number of rotatable bonds is 5. The van der Waals surface area contributed by atoms with Crippen LogP contribution in [0, 0.1) is 12.7 Å². The van der Waals surface area contributed by atoms with Crippen molar-refractivity contribution in [3.8, 4) is 0 Å². The van der Waals surface area contributed by atoms with Gasteiger partial charge in [0.2, 0.25) is 0 Å². The second-order valence-electron chi connectivity index (χ2n) is 4.90. The molecule has 1 heterocycles. The Hall–Kier alpha value is -1.71. The zero-order valence-electron chi connectivity index (χ0n) is 13.5. The average Bonchev–Trinajstić information content (AvgIpc) is 2.83. The van der Waals surface area contributed by atoms with Crippen molar-refractivity contribution < 1.29 is 4.39 Å². The molecule has 2 aromatic rings. The Bertz CT molecular complexity index is 638. The van der Waals surface area contributed by atoms with Gasteiger partial charge in [0.05, 0.1) is 13.1 Å². The summed E-state index contributed by atoms with van der Waals surface area (Å²) in [6, 6.07) is 6.34. The summed E-state index contributed by atoms with van der Waals surface area (Å²) in [4.78, 5) is 4.48. The van der Waals surface area contributed by atoms with Gasteiger partial charge in [-0.1, -0.05) is 12.1 Å². The number of aromatic nitrogens is 3. The number of nitrogens with one attached hydrogen (secondary N) is 2. The number of halogens is 2. The molecule has 126 valence electrons. The number of aryl methyl sites for hydroxylation is 1. The van der Waals surface area contributed by atoms with Gasteiger partial charge in [-0.15, -0.1) is 34.2 Å². The lowest BCUT2D eigenvalue weighted by Crippen LogP contribution is -2.37. The normalized spacial score (nSPS) is 11.0. The van der Waals surface area contributed by atoms with Crippen LogP contribution in [-0.2, 0) is 20.1 Å². The SMILES string of the molecule is CCNC(=NCc1ccc(F)cc1)NCc1nnc(C)n1C.I. The monoisotopic (exact) mass is 432 g/mol. The molecule has 6 nitrogen and oxygen atoms in total. The van der Waals surface area contributed by atoms with E-state index >= 15 is 0 Å². The van der Waals surface area contributed by atoms with Crippen molar-refractivity contribution in [3.05, 3.63) is 47.3 Å². The van der Waals surface area contributed by atoms with Crippen molar-refractivity contribution in [3.63, 3.8) is 0 Å². The zero-order valence-corrected chi connectivity index (χ0v) is 15.8. The van der Waals surface area contributed by atoms with Gasteiger partial charge < -0.3 is 15.2 Å². The standard InChI is InChI=1S/C15H21FN6.HI/c1-4-17-15(18-9-12-5-7-13(16)8-6-12)19-10-14-21-20-11(2)22(14)3;/h5-8H,4,9-10H2,1-3H3,(H2,17,18,19);1H. The van der Waals surface area contributed by atoms with Crippen LogP contribution in [0.15, 0.2) is 29.3 Å². The Morgan fingerprint density at radius 2 is 1.91 bits per heavy atom. The van der Waals surface area contributed by atoms with Gasteiger partial charge in [0.25, 0.3) is 0 Å². The van der Waals surface area contributed by atoms with Crippen LogP contribution in [0.4, 0.5) is 4.39 Å². The molecular formula is C15H22FIN6. The third-order valence-electron chi connectivity index (χ3n) is 3.27. The summed E-state index contributed by atoms with van der Waals surface area (Å²) in [5, 5.41) is 14.5. The number of hydrogen-bond acceptors (Lipinski definition) is 3. The number of nitrogens with zero attached hydrogens (tertiary/aromatic N) is 4. The molecule has 0 atom stereocenters. The summed E-state index contributed by atoms with van der Waals surface area (Å²) in [6.45, 7) is 5.68. The Kier molecular flexibility index (Phi) is 7.93. The van der Waals surface area contributed by atoms with Gasteiger partial charge in [-0.05, 0) is 31.5 Å². The van der Waals surface area contributed by atoms with Crippen LogP contribution < -0.4 is 10.6 Å². The summed E-state index contributed by atoms with van der Waals surface area (Å²) in [6.07, 6.45) is 0. The van der Waals surface area contributed by atoms with Crippen LogP contribution in [0.1, 0.15) is 24.1 Å². The molecule has 0 saturated carbocycles. The Balaban J connectivity index is 0.00000264. The lowest BCUT2D eigenvalue weighted by Gasteiger charge is -2.11. The van der Waals surface area contributed by atoms with Crippen LogP contribution in [-0.4, -0.2) is 27.3 Å². The van der Waals surface area contributed by atoms with Crippen LogP contribution in [0.2, 0.25) is 0 Å². The van der Waals surface area contributed by atoms with Crippen molar-refractivity contribution in [2.45, 2.75) is 26.9 Å². The zero-order chi connectivity index (χ0) is 15.9. The lowest BCUT2D eigenvalue weighted by atomic mass is 10.2. The molecule has 0 saturated heterocycles. The maximum Gasteiger partial charge on any atom is 0.191 e. The molecule has 2 rings (SSSR count). The van der Waals surface area contributed by atoms with Gasteiger partial charge in [-0.3, -0.25) is 0 Å². The smallest absolute Gasteiger partial charge is 0.191 e. The van der Waals surface area contributed by atoms with E-state index in [1.54, 1.807) is 12.1 Å². The van der Waals surface area contributed by atoms with Crippen molar-refractivity contribution in [1.29, 1.82) is 0 Å². The largest absolute Gasteiger partial charge is 0.357 e.